The van der Waals surface area contributed by atoms with E-state index in [1.165, 1.54) is 114 Å². The van der Waals surface area contributed by atoms with Crippen LogP contribution in [-0.2, 0) is 46.2 Å². The van der Waals surface area contributed by atoms with Gasteiger partial charge in [-0.05, 0) is 368 Å². The SMILES string of the molecule is CC(C)(CCCCCCBr)c1cc(O)c2c(c1)OC(C)(C)[C@@H]1CCC(=O)C[C@@H]21.CC(C)(CCCCCCBr)c1cc(O)c2c(c1)OC(C)(C)[C@@H]1CC[C@@H](C=O)C[C@@H]21.CC(C)(CCCCCCBr)c1cc(O)c2c(c1)OC(C)(C)[C@@H]1CC[C@@H](CO)C[C@@H]21.CC(C)(CCCCCCO[N+](=O)[O-])c1cc(O)c2c(c1)OC(C)(C)[C@@H]1CC[C@@H](CO)C[C@@H]21.COC=C1CC[C@@H]2[C@@H](C1)c1c(O)cc(C(C)(C)CCCCCCBr)cc1OC2(C)C. The molecule has 5 heterocycles. The molecule has 0 radical (unpaired) electrons. The molecule has 5 aromatic rings. The summed E-state index contributed by atoms with van der Waals surface area (Å²) >= 11 is 14.0. The lowest BCUT2D eigenvalue weighted by Gasteiger charge is -2.49. The Morgan fingerprint density at radius 3 is 0.912 bits per heavy atom. The topological polar surface area (TPSA) is 283 Å². The van der Waals surface area contributed by atoms with Crippen LogP contribution in [0.3, 0.4) is 0 Å². The van der Waals surface area contributed by atoms with Gasteiger partial charge < -0.3 is 73.8 Å². The second-order valence-corrected chi connectivity index (χ2v) is 54.8. The minimum Gasteiger partial charge on any atom is -0.508 e. The van der Waals surface area contributed by atoms with E-state index in [4.69, 9.17) is 28.4 Å². The highest BCUT2D eigenvalue weighted by Gasteiger charge is 2.55. The van der Waals surface area contributed by atoms with E-state index in [-0.39, 0.29) is 122 Å². The Balaban J connectivity index is 0.000000176. The number of fused-ring (bicyclic) bond motifs is 15. The Labute approximate surface area is 923 Å². The van der Waals surface area contributed by atoms with Crippen molar-refractivity contribution in [2.45, 2.75) is 480 Å². The number of benzene rings is 5. The molecule has 5 fully saturated rings. The molecule has 13 atom stereocenters. The average Bonchev–Trinajstić information content (AvgIpc) is 0.757. The monoisotopic (exact) mass is 2310 g/mol. The van der Waals surface area contributed by atoms with Crippen molar-refractivity contribution in [1.29, 1.82) is 0 Å². The van der Waals surface area contributed by atoms with Crippen molar-refractivity contribution in [1.82, 2.24) is 0 Å². The van der Waals surface area contributed by atoms with E-state index >= 15 is 0 Å². The van der Waals surface area contributed by atoms with Crippen LogP contribution in [0.4, 0.5) is 0 Å². The molecule has 5 aromatic carbocycles. The van der Waals surface area contributed by atoms with Crippen LogP contribution in [0.15, 0.2) is 72.5 Å². The number of ketones is 1. The number of carbonyl (C=O) groups is 2. The number of aldehydes is 1. The Bertz CT molecular complexity index is 5180. The Kier molecular flexibility index (Phi) is 43.9. The van der Waals surface area contributed by atoms with Crippen molar-refractivity contribution in [3.63, 3.8) is 0 Å². The molecular formula is C125H189Br4NO18. The molecule has 0 bridgehead atoms. The molecule has 148 heavy (non-hydrogen) atoms. The van der Waals surface area contributed by atoms with Crippen LogP contribution in [-0.4, -0.2) is 129 Å². The van der Waals surface area contributed by atoms with E-state index in [1.54, 1.807) is 7.11 Å². The maximum atomic E-state index is 12.1. The summed E-state index contributed by atoms with van der Waals surface area (Å²) in [6.45, 7) is 44.8. The van der Waals surface area contributed by atoms with E-state index in [9.17, 15) is 55.4 Å². The van der Waals surface area contributed by atoms with E-state index in [1.807, 2.05) is 36.6 Å². The number of halogens is 4. The van der Waals surface area contributed by atoms with Crippen LogP contribution >= 0.6 is 63.7 Å². The summed E-state index contributed by atoms with van der Waals surface area (Å²) in [6, 6.07) is 20.6. The van der Waals surface area contributed by atoms with Crippen molar-refractivity contribution < 1.29 is 83.7 Å². The first kappa shape index (κ1) is 122. The van der Waals surface area contributed by atoms with Gasteiger partial charge >= 0.3 is 0 Å². The number of phenolic OH excluding ortho intramolecular Hbond substituents is 5. The summed E-state index contributed by atoms with van der Waals surface area (Å²) in [7, 11) is 1.71. The molecule has 5 aliphatic carbocycles. The van der Waals surface area contributed by atoms with Crippen LogP contribution in [0, 0.1) is 57.5 Å². The quantitative estimate of drug-likeness (QED) is 0.00478. The highest BCUT2D eigenvalue weighted by molar-refractivity contribution is 9.09. The molecular weight excluding hydrogens is 2120 g/mol. The van der Waals surface area contributed by atoms with Gasteiger partial charge in [0, 0.05) is 123 Å². The number of allylic oxidation sites excluding steroid dienone is 1. The molecule has 5 saturated carbocycles. The molecule has 0 saturated heterocycles. The molecule has 19 nitrogen and oxygen atoms in total. The first-order chi connectivity index (χ1) is 69.8. The molecule has 23 heteroatoms. The first-order valence-corrected chi connectivity index (χ1v) is 61.5. The molecule has 15 rings (SSSR count). The van der Waals surface area contributed by atoms with E-state index in [0.717, 1.165) is 241 Å². The number of nitrogens with zero attached hydrogens (tertiary/aromatic N) is 1. The van der Waals surface area contributed by atoms with Gasteiger partial charge in [0.05, 0.1) is 20.0 Å². The number of unbranched alkanes of at least 4 members (excludes halogenated alkanes) is 15. The third kappa shape index (κ3) is 30.9. The molecule has 0 aromatic heterocycles. The van der Waals surface area contributed by atoms with Crippen molar-refractivity contribution in [2.24, 2.45) is 47.3 Å². The number of Topliss-reactive ketones (excluding diaryl/α,β-unsaturated/α-hetero) is 1. The van der Waals surface area contributed by atoms with Crippen molar-refractivity contribution in [3.05, 3.63) is 138 Å². The molecule has 7 N–H and O–H groups in total. The van der Waals surface area contributed by atoms with Gasteiger partial charge in [-0.3, -0.25) is 4.79 Å². The number of rotatable bonds is 41. The molecule has 0 amide bonds. The number of aliphatic hydroxyl groups is 2. The zero-order chi connectivity index (χ0) is 108. The van der Waals surface area contributed by atoms with Crippen molar-refractivity contribution in [2.75, 3.05) is 48.3 Å². The lowest BCUT2D eigenvalue weighted by atomic mass is 9.63. The number of aliphatic hydroxyl groups excluding tert-OH is 2. The van der Waals surface area contributed by atoms with Crippen molar-refractivity contribution in [3.8, 4) is 57.5 Å². The highest BCUT2D eigenvalue weighted by atomic mass is 79.9. The molecule has 5 aliphatic heterocycles. The van der Waals surface area contributed by atoms with Gasteiger partial charge in [0.2, 0.25) is 0 Å². The fourth-order valence-electron chi connectivity index (χ4n) is 27.3. The summed E-state index contributed by atoms with van der Waals surface area (Å²) in [5, 5.41) is 88.5. The second kappa shape index (κ2) is 53.2. The minimum atomic E-state index is -0.742. The van der Waals surface area contributed by atoms with Gasteiger partial charge in [0.25, 0.3) is 5.09 Å². The molecule has 0 spiro atoms. The predicted octanol–water partition coefficient (Wildman–Crippen LogP) is 33.3. The minimum absolute atomic E-state index is 0.00542. The Morgan fingerprint density at radius 1 is 0.365 bits per heavy atom. The number of ether oxygens (including phenoxy) is 6. The van der Waals surface area contributed by atoms with Gasteiger partial charge in [-0.1, -0.05) is 229 Å². The third-order valence-corrected chi connectivity index (χ3v) is 38.8. The second-order valence-electron chi connectivity index (χ2n) is 51.7. The maximum Gasteiger partial charge on any atom is 0.294 e. The van der Waals surface area contributed by atoms with Gasteiger partial charge in [0.1, 0.15) is 97.6 Å². The number of hydrogen-bond donors (Lipinski definition) is 7. The fraction of sp³-hybridized carbons (Fsp3) is 0.728. The lowest BCUT2D eigenvalue weighted by molar-refractivity contribution is -0.757. The zero-order valence-corrected chi connectivity index (χ0v) is 101. The maximum absolute atomic E-state index is 12.1. The van der Waals surface area contributed by atoms with E-state index < -0.39 is 5.09 Å². The molecule has 10 aliphatic rings. The number of aromatic hydroxyl groups is 5. The number of carbonyl (C=O) groups excluding carboxylic acids is 2. The smallest absolute Gasteiger partial charge is 0.294 e. The summed E-state index contributed by atoms with van der Waals surface area (Å²) in [5.74, 6) is 9.63. The lowest BCUT2D eigenvalue weighted by Crippen LogP contribution is -2.47. The van der Waals surface area contributed by atoms with Gasteiger partial charge in [-0.15, -0.1) is 10.1 Å². The molecule has 830 valence electrons. The van der Waals surface area contributed by atoms with Gasteiger partial charge in [-0.2, -0.15) is 0 Å². The van der Waals surface area contributed by atoms with Crippen LogP contribution in [0.25, 0.3) is 0 Å². The standard InChI is InChI=1S/C26H39BrO3.C25H39BrO3.C25H37BrO3.C25H39NO6.C24H35BrO3/c1-25(2,12-8-6-7-9-13-27)19-15-22(28)24-20-14-18(17-29-5)10-11-21(20)26(3,4)30-23(24)16-19;2*1-24(2,11-7-5-6-8-12-26)18-14-21(28)23-19-13-17(16-27)9-10-20(19)25(3,4)29-22(23)15-18;1-24(2,11-7-5-6-8-12-31-26(29)30)18-14-21(28)23-19-13-17(16-27)9-10-20(19)25(3,4)32-22(23)15-18;1-23(2,11-7-5-6-8-12-25)16-13-20(27)22-18-15-17(26)9-10-19(18)24(3,4)28-21(22)14-16/h15-17,20-21,28H,6-14H2,1-5H3;14-15,17,19-20,27-28H,5-13,16H2,1-4H3;14-17,19-20,28H,5-13H2,1-4H3;14-15,17,19-20,27-28H,5-13,16H2,1-4H3;13-14,18-19,27H,5-12,15H2,1-4H3/t20-,21-;3*17-,19-,20-;18-,19-/m11111/s1. The van der Waals surface area contributed by atoms with Crippen LogP contribution in [0.1, 0.15) is 481 Å². The van der Waals surface area contributed by atoms with Crippen LogP contribution in [0.2, 0.25) is 0 Å². The number of phenols is 5. The third-order valence-electron chi connectivity index (χ3n) is 36.5. The molecule has 0 unspecified atom stereocenters. The number of alkyl halides is 4. The first-order valence-electron chi connectivity index (χ1n) is 57.0. The average molecular weight is 2310 g/mol. The largest absolute Gasteiger partial charge is 0.508 e. The van der Waals surface area contributed by atoms with Crippen LogP contribution in [0.5, 0.6) is 57.5 Å². The highest BCUT2D eigenvalue weighted by Crippen LogP contribution is 2.63. The van der Waals surface area contributed by atoms with Gasteiger partial charge in [0.15, 0.2) is 0 Å². The van der Waals surface area contributed by atoms with Gasteiger partial charge in [-0.25, -0.2) is 0 Å². The number of hydrogen-bond acceptors (Lipinski definition) is 18. The summed E-state index contributed by atoms with van der Waals surface area (Å²) in [4.78, 5) is 38.1. The van der Waals surface area contributed by atoms with Crippen molar-refractivity contribution >= 4 is 75.8 Å². The normalized spacial score (nSPS) is 24.7. The Morgan fingerprint density at radius 2 is 0.628 bits per heavy atom. The van der Waals surface area contributed by atoms with Crippen LogP contribution < -0.4 is 23.7 Å². The summed E-state index contributed by atoms with van der Waals surface area (Å²) in [5.41, 5.74) is 10.1. The summed E-state index contributed by atoms with van der Waals surface area (Å²) in [6.07, 6.45) is 45.3. The van der Waals surface area contributed by atoms with E-state index in [2.05, 4.69) is 237 Å². The van der Waals surface area contributed by atoms with E-state index in [0.29, 0.717) is 83.4 Å². The summed E-state index contributed by atoms with van der Waals surface area (Å²) < 4.78 is 37.7. The zero-order valence-electron chi connectivity index (χ0n) is 94.2. The predicted molar refractivity (Wildman–Crippen MR) is 614 cm³/mol. The Hall–Kier alpha value is -5.98. The number of methoxy groups -OCH3 is 1. The fourth-order valence-corrected chi connectivity index (χ4v) is 28.9.